The zero-order valence-electron chi connectivity index (χ0n) is 36.4. The lowest BCUT2D eigenvalue weighted by Gasteiger charge is -2.30. The third-order valence-corrected chi connectivity index (χ3v) is 13.6. The van der Waals surface area contributed by atoms with Gasteiger partial charge < -0.3 is 4.42 Å². The van der Waals surface area contributed by atoms with Crippen LogP contribution in [0.25, 0.3) is 113 Å². The Morgan fingerprint density at radius 1 is 0.265 bits per heavy atom. The Kier molecular flexibility index (Phi) is 8.36. The molecule has 68 heavy (non-hydrogen) atoms. The molecular formula is C61H36N6O. The molecule has 0 N–H and O–H groups in total. The minimum absolute atomic E-state index is 0.547. The van der Waals surface area contributed by atoms with Crippen molar-refractivity contribution < 1.29 is 4.42 Å². The van der Waals surface area contributed by atoms with Crippen LogP contribution in [0.15, 0.2) is 223 Å². The van der Waals surface area contributed by atoms with Crippen LogP contribution in [0.2, 0.25) is 0 Å². The van der Waals surface area contributed by atoms with E-state index in [1.165, 1.54) is 33.4 Å². The number of para-hydroxylation sites is 1. The van der Waals surface area contributed by atoms with E-state index in [2.05, 4.69) is 97.1 Å². The van der Waals surface area contributed by atoms with Crippen molar-refractivity contribution in [2.75, 3.05) is 0 Å². The summed E-state index contributed by atoms with van der Waals surface area (Å²) in [6.07, 6.45) is 0. The van der Waals surface area contributed by atoms with Gasteiger partial charge in [0.1, 0.15) is 11.2 Å². The second kappa shape index (κ2) is 14.9. The molecule has 0 aliphatic heterocycles. The summed E-state index contributed by atoms with van der Waals surface area (Å²) in [4.78, 5) is 30.5. The third kappa shape index (κ3) is 5.66. The average molecular weight is 869 g/mol. The van der Waals surface area contributed by atoms with Crippen molar-refractivity contribution in [3.8, 4) is 90.6 Å². The Hall–Kier alpha value is -9.20. The van der Waals surface area contributed by atoms with Crippen LogP contribution in [0, 0.1) is 0 Å². The van der Waals surface area contributed by atoms with Crippen LogP contribution in [0.1, 0.15) is 22.3 Å². The Morgan fingerprint density at radius 3 is 1.25 bits per heavy atom. The van der Waals surface area contributed by atoms with E-state index in [9.17, 15) is 0 Å². The van der Waals surface area contributed by atoms with Gasteiger partial charge in [-0.1, -0.05) is 206 Å². The first kappa shape index (κ1) is 38.1. The Bertz CT molecular complexity index is 3850. The van der Waals surface area contributed by atoms with Gasteiger partial charge in [0.15, 0.2) is 34.9 Å². The zero-order chi connectivity index (χ0) is 44.8. The number of hydrogen-bond donors (Lipinski definition) is 0. The minimum Gasteiger partial charge on any atom is -0.455 e. The molecule has 12 aromatic rings. The highest BCUT2D eigenvalue weighted by atomic mass is 16.3. The fourth-order valence-corrected chi connectivity index (χ4v) is 10.7. The van der Waals surface area contributed by atoms with Crippen LogP contribution in [0.3, 0.4) is 0 Å². The van der Waals surface area contributed by atoms with Gasteiger partial charge in [0.25, 0.3) is 0 Å². The molecule has 14 rings (SSSR count). The summed E-state index contributed by atoms with van der Waals surface area (Å²) < 4.78 is 7.28. The molecule has 0 saturated heterocycles. The lowest BCUT2D eigenvalue weighted by Crippen LogP contribution is -2.25. The molecule has 0 bridgehead atoms. The summed E-state index contributed by atoms with van der Waals surface area (Å²) in [7, 11) is 0. The average Bonchev–Trinajstić information content (AvgIpc) is 4.06. The summed E-state index contributed by atoms with van der Waals surface area (Å²) in [6, 6.07) is 75.6. The highest BCUT2D eigenvalue weighted by molar-refractivity contribution is 6.15. The van der Waals surface area contributed by atoms with Crippen molar-refractivity contribution in [2.45, 2.75) is 5.41 Å². The number of aromatic nitrogens is 6. The topological polar surface area (TPSA) is 90.5 Å². The van der Waals surface area contributed by atoms with Gasteiger partial charge in [0.05, 0.1) is 11.0 Å². The molecule has 9 aromatic carbocycles. The summed E-state index contributed by atoms with van der Waals surface area (Å²) in [5, 5.41) is 2.02. The molecule has 2 aliphatic carbocycles. The molecule has 3 aromatic heterocycles. The van der Waals surface area contributed by atoms with E-state index < -0.39 is 5.41 Å². The van der Waals surface area contributed by atoms with Crippen molar-refractivity contribution in [3.63, 3.8) is 0 Å². The maximum Gasteiger partial charge on any atom is 0.167 e. The first-order chi connectivity index (χ1) is 33.7. The molecule has 1 atom stereocenters. The predicted octanol–water partition coefficient (Wildman–Crippen LogP) is 14.3. The van der Waals surface area contributed by atoms with E-state index in [-0.39, 0.29) is 0 Å². The van der Waals surface area contributed by atoms with Crippen molar-refractivity contribution in [1.82, 2.24) is 29.9 Å². The highest BCUT2D eigenvalue weighted by Crippen LogP contribution is 2.64. The SMILES string of the molecule is c1ccc(-c2nc(-c3ccccc3)nc(-c3ccc4c(c3)C3(c5ccccc5-4)c4ccccc4-c4c3ccc3c4oc4c(-c5nc(-c6ccccc6)nc(-c6ccccc6)n5)cccc43)n2)cc1. The zero-order valence-corrected chi connectivity index (χ0v) is 36.4. The van der Waals surface area contributed by atoms with E-state index in [0.29, 0.717) is 34.9 Å². The number of benzene rings is 9. The maximum absolute atomic E-state index is 7.28. The van der Waals surface area contributed by atoms with Crippen molar-refractivity contribution in [1.29, 1.82) is 0 Å². The van der Waals surface area contributed by atoms with E-state index in [0.717, 1.165) is 66.4 Å². The maximum atomic E-state index is 7.28. The Balaban J connectivity index is 0.996. The molecule has 0 saturated carbocycles. The van der Waals surface area contributed by atoms with Gasteiger partial charge in [0, 0.05) is 44.2 Å². The Morgan fingerprint density at radius 2 is 0.691 bits per heavy atom. The number of fused-ring (bicyclic) bond motifs is 14. The second-order valence-electron chi connectivity index (χ2n) is 17.3. The summed E-state index contributed by atoms with van der Waals surface area (Å²) in [5.74, 6) is 3.61. The molecule has 3 heterocycles. The van der Waals surface area contributed by atoms with Crippen molar-refractivity contribution in [3.05, 3.63) is 241 Å². The van der Waals surface area contributed by atoms with Gasteiger partial charge in [-0.05, 0) is 51.1 Å². The van der Waals surface area contributed by atoms with Gasteiger partial charge in [-0.3, -0.25) is 0 Å². The van der Waals surface area contributed by atoms with Crippen LogP contribution in [0.4, 0.5) is 0 Å². The van der Waals surface area contributed by atoms with Gasteiger partial charge >= 0.3 is 0 Å². The van der Waals surface area contributed by atoms with Crippen LogP contribution in [-0.2, 0) is 5.41 Å². The van der Waals surface area contributed by atoms with E-state index in [4.69, 9.17) is 34.3 Å². The van der Waals surface area contributed by atoms with E-state index in [1.54, 1.807) is 0 Å². The summed E-state index contributed by atoms with van der Waals surface area (Å²) in [5.41, 5.74) is 15.7. The van der Waals surface area contributed by atoms with Gasteiger partial charge in [-0.15, -0.1) is 0 Å². The highest BCUT2D eigenvalue weighted by Gasteiger charge is 2.52. The minimum atomic E-state index is -0.662. The van der Waals surface area contributed by atoms with Crippen LogP contribution >= 0.6 is 0 Å². The molecule has 7 heteroatoms. The largest absolute Gasteiger partial charge is 0.455 e. The molecule has 2 aliphatic rings. The molecule has 0 radical (unpaired) electrons. The number of rotatable bonds is 6. The molecule has 1 unspecified atom stereocenters. The molecular weight excluding hydrogens is 833 g/mol. The first-order valence-electron chi connectivity index (χ1n) is 22.8. The molecule has 1 spiro atoms. The fourth-order valence-electron chi connectivity index (χ4n) is 10.7. The summed E-state index contributed by atoms with van der Waals surface area (Å²) in [6.45, 7) is 0. The lowest BCUT2D eigenvalue weighted by molar-refractivity contribution is 0.669. The Labute approximate surface area is 391 Å². The fraction of sp³-hybridized carbons (Fsp3) is 0.0164. The van der Waals surface area contributed by atoms with Crippen molar-refractivity contribution >= 4 is 21.9 Å². The molecule has 0 fully saturated rings. The predicted molar refractivity (Wildman–Crippen MR) is 269 cm³/mol. The van der Waals surface area contributed by atoms with Crippen LogP contribution < -0.4 is 0 Å². The number of hydrogen-bond acceptors (Lipinski definition) is 7. The van der Waals surface area contributed by atoms with Gasteiger partial charge in [-0.25, -0.2) is 29.9 Å². The van der Waals surface area contributed by atoms with Gasteiger partial charge in [0.2, 0.25) is 0 Å². The number of nitrogens with zero attached hydrogens (tertiary/aromatic N) is 6. The normalized spacial score (nSPS) is 14.2. The standard InChI is InChI=1S/C61H36N6O/c1-5-18-37(19-6-1)55-62-56(38-20-7-2-8-21-38)65-59(64-55)41-32-33-43-42-26-13-15-30-48(42)61(51(43)36-41)49-31-16-14-27-46(49)52-50(61)35-34-45-44-28-17-29-47(53(44)68-54(45)52)60-66-57(39-22-9-3-10-23-39)63-58(67-60)40-24-11-4-12-25-40/h1-36H. The monoisotopic (exact) mass is 868 g/mol. The van der Waals surface area contributed by atoms with E-state index in [1.807, 2.05) is 121 Å². The van der Waals surface area contributed by atoms with Gasteiger partial charge in [-0.2, -0.15) is 0 Å². The first-order valence-corrected chi connectivity index (χ1v) is 22.8. The van der Waals surface area contributed by atoms with Crippen LogP contribution in [-0.4, -0.2) is 29.9 Å². The third-order valence-electron chi connectivity index (χ3n) is 13.6. The molecule has 316 valence electrons. The molecule has 7 nitrogen and oxygen atoms in total. The second-order valence-corrected chi connectivity index (χ2v) is 17.3. The van der Waals surface area contributed by atoms with Crippen molar-refractivity contribution in [2.24, 2.45) is 0 Å². The summed E-state index contributed by atoms with van der Waals surface area (Å²) >= 11 is 0. The molecule has 0 amide bonds. The lowest BCUT2D eigenvalue weighted by atomic mass is 9.70. The van der Waals surface area contributed by atoms with E-state index >= 15 is 0 Å². The number of furan rings is 1. The quantitative estimate of drug-likeness (QED) is 0.164. The smallest absolute Gasteiger partial charge is 0.167 e. The van der Waals surface area contributed by atoms with Crippen LogP contribution in [0.5, 0.6) is 0 Å².